The van der Waals surface area contributed by atoms with Crippen molar-refractivity contribution in [2.45, 2.75) is 19.4 Å². The molecule has 0 aliphatic rings. The lowest BCUT2D eigenvalue weighted by Gasteiger charge is -2.13. The van der Waals surface area contributed by atoms with Crippen LogP contribution in [0.1, 0.15) is 12.0 Å². The summed E-state index contributed by atoms with van der Waals surface area (Å²) in [5, 5.41) is 2.79. The number of benzene rings is 1. The van der Waals surface area contributed by atoms with Crippen LogP contribution in [0.5, 0.6) is 5.75 Å². The third-order valence-corrected chi connectivity index (χ3v) is 2.51. The van der Waals surface area contributed by atoms with Gasteiger partial charge in [0.2, 0.25) is 5.91 Å². The third kappa shape index (κ3) is 4.03. The first kappa shape index (κ1) is 13.4. The fourth-order valence-corrected chi connectivity index (χ4v) is 1.45. The smallest absolute Gasteiger partial charge is 0.234 e. The summed E-state index contributed by atoms with van der Waals surface area (Å²) in [6, 6.07) is 3.92. The van der Waals surface area contributed by atoms with Crippen molar-refractivity contribution in [3.8, 4) is 5.75 Å². The molecule has 1 rings (SSSR count). The van der Waals surface area contributed by atoms with Crippen molar-refractivity contribution in [2.75, 3.05) is 13.7 Å². The summed E-state index contributed by atoms with van der Waals surface area (Å²) >= 11 is 0. The molecule has 0 aromatic heterocycles. The maximum atomic E-state index is 13.0. The van der Waals surface area contributed by atoms with E-state index in [0.29, 0.717) is 18.8 Å². The number of nitrogens with two attached hydrogens (primary N) is 1. The van der Waals surface area contributed by atoms with Crippen LogP contribution in [0, 0.1) is 12.7 Å². The van der Waals surface area contributed by atoms with Gasteiger partial charge in [-0.25, -0.2) is 4.39 Å². The van der Waals surface area contributed by atoms with Crippen molar-refractivity contribution in [3.63, 3.8) is 0 Å². The molecule has 1 aromatic rings. The zero-order valence-electron chi connectivity index (χ0n) is 10.00. The second kappa shape index (κ2) is 6.20. The van der Waals surface area contributed by atoms with Gasteiger partial charge >= 0.3 is 0 Å². The number of amides is 1. The summed E-state index contributed by atoms with van der Waals surface area (Å²) in [4.78, 5) is 10.9. The molecule has 0 fully saturated rings. The molecule has 1 aromatic carbocycles. The zero-order valence-corrected chi connectivity index (χ0v) is 10.00. The molecule has 0 radical (unpaired) electrons. The quantitative estimate of drug-likeness (QED) is 0.779. The van der Waals surface area contributed by atoms with Gasteiger partial charge in [0.15, 0.2) is 0 Å². The van der Waals surface area contributed by atoms with Gasteiger partial charge in [-0.1, -0.05) is 6.07 Å². The Morgan fingerprint density at radius 3 is 2.88 bits per heavy atom. The van der Waals surface area contributed by atoms with Crippen LogP contribution in [0.2, 0.25) is 0 Å². The van der Waals surface area contributed by atoms with Gasteiger partial charge in [0, 0.05) is 12.5 Å². The van der Waals surface area contributed by atoms with Crippen LogP contribution in [0.3, 0.4) is 0 Å². The standard InChI is InChI=1S/C12H17FN2O2/c1-8-3-4-9(13)7-11(8)17-6-5-10(15-2)12(14)16/h3-4,7,10,15H,5-6H2,1-2H3,(H2,14,16). The Balaban J connectivity index is 2.50. The number of nitrogens with one attached hydrogen (secondary N) is 1. The Morgan fingerprint density at radius 2 is 2.29 bits per heavy atom. The molecular weight excluding hydrogens is 223 g/mol. The number of aryl methyl sites for hydroxylation is 1. The third-order valence-electron chi connectivity index (χ3n) is 2.51. The number of rotatable bonds is 6. The Hall–Kier alpha value is -1.62. The molecule has 0 saturated carbocycles. The highest BCUT2D eigenvalue weighted by molar-refractivity contribution is 5.79. The van der Waals surface area contributed by atoms with Crippen molar-refractivity contribution < 1.29 is 13.9 Å². The number of primary amides is 1. The molecule has 0 heterocycles. The minimum atomic E-state index is -0.427. The molecule has 0 spiro atoms. The van der Waals surface area contributed by atoms with Gasteiger partial charge in [-0.2, -0.15) is 0 Å². The minimum absolute atomic E-state index is 0.304. The highest BCUT2D eigenvalue weighted by Gasteiger charge is 2.12. The number of ether oxygens (including phenoxy) is 1. The lowest BCUT2D eigenvalue weighted by atomic mass is 10.2. The number of carbonyl (C=O) groups is 1. The van der Waals surface area contributed by atoms with Crippen LogP contribution < -0.4 is 15.8 Å². The average Bonchev–Trinajstić information content (AvgIpc) is 2.28. The Bertz CT molecular complexity index is 396. The van der Waals surface area contributed by atoms with E-state index in [1.165, 1.54) is 12.1 Å². The van der Waals surface area contributed by atoms with Gasteiger partial charge in [-0.3, -0.25) is 4.79 Å². The first-order valence-corrected chi connectivity index (χ1v) is 5.40. The van der Waals surface area contributed by atoms with E-state index in [2.05, 4.69) is 5.32 Å². The maximum Gasteiger partial charge on any atom is 0.234 e. The van der Waals surface area contributed by atoms with Gasteiger partial charge in [-0.15, -0.1) is 0 Å². The number of likely N-dealkylation sites (N-methyl/N-ethyl adjacent to an activating group) is 1. The molecule has 1 amide bonds. The lowest BCUT2D eigenvalue weighted by molar-refractivity contribution is -0.120. The maximum absolute atomic E-state index is 13.0. The van der Waals surface area contributed by atoms with Crippen molar-refractivity contribution >= 4 is 5.91 Å². The molecular formula is C12H17FN2O2. The monoisotopic (exact) mass is 240 g/mol. The fraction of sp³-hybridized carbons (Fsp3) is 0.417. The summed E-state index contributed by atoms with van der Waals surface area (Å²) in [6.07, 6.45) is 0.446. The predicted octanol–water partition coefficient (Wildman–Crippen LogP) is 0.976. The summed E-state index contributed by atoms with van der Waals surface area (Å²) in [6.45, 7) is 2.14. The fourth-order valence-electron chi connectivity index (χ4n) is 1.45. The minimum Gasteiger partial charge on any atom is -0.493 e. The molecule has 1 atom stereocenters. The Labute approximate surface area is 100.0 Å². The largest absolute Gasteiger partial charge is 0.493 e. The van der Waals surface area contributed by atoms with Gasteiger partial charge in [0.1, 0.15) is 11.6 Å². The van der Waals surface area contributed by atoms with Crippen molar-refractivity contribution in [2.24, 2.45) is 5.73 Å². The normalized spacial score (nSPS) is 12.2. The number of hydrogen-bond acceptors (Lipinski definition) is 3. The van der Waals surface area contributed by atoms with E-state index in [-0.39, 0.29) is 5.82 Å². The van der Waals surface area contributed by atoms with E-state index in [0.717, 1.165) is 5.56 Å². The van der Waals surface area contributed by atoms with E-state index in [1.54, 1.807) is 13.1 Å². The van der Waals surface area contributed by atoms with Crippen LogP contribution in [0.4, 0.5) is 4.39 Å². The first-order chi connectivity index (χ1) is 8.04. The zero-order chi connectivity index (χ0) is 12.8. The van der Waals surface area contributed by atoms with Gasteiger partial charge in [0.05, 0.1) is 12.6 Å². The van der Waals surface area contributed by atoms with E-state index in [1.807, 2.05) is 6.92 Å². The Kier molecular flexibility index (Phi) is 4.90. The summed E-state index contributed by atoms with van der Waals surface area (Å²) < 4.78 is 18.4. The first-order valence-electron chi connectivity index (χ1n) is 5.40. The van der Waals surface area contributed by atoms with Gasteiger partial charge in [0.25, 0.3) is 0 Å². The molecule has 0 aliphatic carbocycles. The predicted molar refractivity (Wildman–Crippen MR) is 63.3 cm³/mol. The topological polar surface area (TPSA) is 64.3 Å². The molecule has 94 valence electrons. The van der Waals surface area contributed by atoms with Crippen molar-refractivity contribution in [1.82, 2.24) is 5.32 Å². The average molecular weight is 240 g/mol. The van der Waals surface area contributed by atoms with E-state index < -0.39 is 11.9 Å². The summed E-state index contributed by atoms with van der Waals surface area (Å²) in [7, 11) is 1.66. The van der Waals surface area contributed by atoms with Crippen LogP contribution in [0.25, 0.3) is 0 Å². The van der Waals surface area contributed by atoms with Crippen molar-refractivity contribution in [3.05, 3.63) is 29.6 Å². The molecule has 5 heteroatoms. The van der Waals surface area contributed by atoms with Crippen molar-refractivity contribution in [1.29, 1.82) is 0 Å². The number of hydrogen-bond donors (Lipinski definition) is 2. The molecule has 0 aliphatic heterocycles. The summed E-state index contributed by atoms with van der Waals surface area (Å²) in [5.74, 6) is -0.276. The summed E-state index contributed by atoms with van der Waals surface area (Å²) in [5.41, 5.74) is 6.02. The molecule has 3 N–H and O–H groups in total. The van der Waals surface area contributed by atoms with E-state index in [4.69, 9.17) is 10.5 Å². The Morgan fingerprint density at radius 1 is 1.59 bits per heavy atom. The molecule has 17 heavy (non-hydrogen) atoms. The van der Waals surface area contributed by atoms with Crippen LogP contribution in [-0.4, -0.2) is 25.6 Å². The number of halogens is 1. The molecule has 0 saturated heterocycles. The molecule has 0 bridgehead atoms. The second-order valence-corrected chi connectivity index (χ2v) is 3.79. The van der Waals surface area contributed by atoms with Crippen LogP contribution in [-0.2, 0) is 4.79 Å². The van der Waals surface area contributed by atoms with Crippen LogP contribution in [0.15, 0.2) is 18.2 Å². The highest BCUT2D eigenvalue weighted by Crippen LogP contribution is 2.18. The molecule has 4 nitrogen and oxygen atoms in total. The second-order valence-electron chi connectivity index (χ2n) is 3.79. The van der Waals surface area contributed by atoms with Crippen LogP contribution >= 0.6 is 0 Å². The van der Waals surface area contributed by atoms with E-state index >= 15 is 0 Å². The number of carbonyl (C=O) groups excluding carboxylic acids is 1. The lowest BCUT2D eigenvalue weighted by Crippen LogP contribution is -2.40. The molecule has 1 unspecified atom stereocenters. The SMILES string of the molecule is CNC(CCOc1cc(F)ccc1C)C(N)=O. The van der Waals surface area contributed by atoms with Gasteiger partial charge in [-0.05, 0) is 25.6 Å². The van der Waals surface area contributed by atoms with Gasteiger partial charge < -0.3 is 15.8 Å². The van der Waals surface area contributed by atoms with E-state index in [9.17, 15) is 9.18 Å². The highest BCUT2D eigenvalue weighted by atomic mass is 19.1.